The third kappa shape index (κ3) is 5.11. The maximum atomic E-state index is 12.8. The minimum Gasteiger partial charge on any atom is -0.294 e. The number of carbonyl (C=O) groups excluding carboxylic acids is 1. The van der Waals surface area contributed by atoms with E-state index in [4.69, 9.17) is 0 Å². The molecule has 0 aliphatic carbocycles. The van der Waals surface area contributed by atoms with Crippen LogP contribution in [0.4, 0.5) is 0 Å². The summed E-state index contributed by atoms with van der Waals surface area (Å²) in [5.74, 6) is 0.441. The van der Waals surface area contributed by atoms with Gasteiger partial charge in [0.05, 0.1) is 0 Å². The molecule has 1 unspecified atom stereocenters. The molecule has 0 radical (unpaired) electrons. The second-order valence-electron chi connectivity index (χ2n) is 7.00. The Hall–Kier alpha value is -1.11. The molecular weight excluding hydrogens is 244 g/mol. The van der Waals surface area contributed by atoms with Crippen molar-refractivity contribution in [3.8, 4) is 0 Å². The molecule has 20 heavy (non-hydrogen) atoms. The van der Waals surface area contributed by atoms with Gasteiger partial charge in [-0.25, -0.2) is 0 Å². The maximum absolute atomic E-state index is 12.8. The van der Waals surface area contributed by atoms with Crippen LogP contribution in [-0.4, -0.2) is 5.78 Å². The highest BCUT2D eigenvalue weighted by Crippen LogP contribution is 2.33. The number of aryl methyl sites for hydroxylation is 1. The van der Waals surface area contributed by atoms with E-state index in [1.165, 1.54) is 24.8 Å². The van der Waals surface area contributed by atoms with Gasteiger partial charge in [0.1, 0.15) is 0 Å². The Morgan fingerprint density at radius 2 is 1.65 bits per heavy atom. The number of Topliss-reactive ketones (excluding diaryl/α,β-unsaturated/α-hetero) is 1. The molecule has 1 nitrogen and oxygen atoms in total. The van der Waals surface area contributed by atoms with Gasteiger partial charge in [0.15, 0.2) is 5.78 Å². The molecule has 0 aliphatic heterocycles. The first kappa shape index (κ1) is 16.9. The first-order chi connectivity index (χ1) is 9.36. The van der Waals surface area contributed by atoms with Crippen molar-refractivity contribution in [1.29, 1.82) is 0 Å². The van der Waals surface area contributed by atoms with Crippen LogP contribution in [0.3, 0.4) is 0 Å². The van der Waals surface area contributed by atoms with Gasteiger partial charge in [-0.2, -0.15) is 0 Å². The number of hydrogen-bond acceptors (Lipinski definition) is 1. The van der Waals surface area contributed by atoms with Crippen LogP contribution in [0.5, 0.6) is 0 Å². The lowest BCUT2D eigenvalue weighted by Crippen LogP contribution is -2.28. The van der Waals surface area contributed by atoms with E-state index in [1.807, 2.05) is 24.3 Å². The molecule has 1 aromatic carbocycles. The highest BCUT2D eigenvalue weighted by atomic mass is 16.1. The van der Waals surface area contributed by atoms with Crippen LogP contribution >= 0.6 is 0 Å². The van der Waals surface area contributed by atoms with E-state index in [0.717, 1.165) is 18.4 Å². The number of rotatable bonds is 7. The standard InChI is InChI=1S/C19H30O/c1-6-7-8-9-10-17(19(3,4)5)18(20)16-13-11-15(2)12-14-16/h11-14,17H,6-10H2,1-5H3. The van der Waals surface area contributed by atoms with Gasteiger partial charge in [-0.1, -0.05) is 83.2 Å². The van der Waals surface area contributed by atoms with Gasteiger partial charge in [-0.3, -0.25) is 4.79 Å². The van der Waals surface area contributed by atoms with Gasteiger partial charge in [0.25, 0.3) is 0 Å². The van der Waals surface area contributed by atoms with Gasteiger partial charge < -0.3 is 0 Å². The Bertz CT molecular complexity index is 408. The molecule has 1 heteroatoms. The molecule has 1 rings (SSSR count). The maximum Gasteiger partial charge on any atom is 0.166 e. The van der Waals surface area contributed by atoms with Crippen LogP contribution < -0.4 is 0 Å². The Kier molecular flexibility index (Phi) is 6.45. The first-order valence-corrected chi connectivity index (χ1v) is 7.97. The molecule has 0 saturated heterocycles. The smallest absolute Gasteiger partial charge is 0.166 e. The first-order valence-electron chi connectivity index (χ1n) is 7.97. The quantitative estimate of drug-likeness (QED) is 0.453. The van der Waals surface area contributed by atoms with Crippen molar-refractivity contribution >= 4 is 5.78 Å². The molecule has 0 amide bonds. The highest BCUT2D eigenvalue weighted by molar-refractivity contribution is 5.98. The Balaban J connectivity index is 2.77. The molecule has 112 valence electrons. The number of hydrogen-bond donors (Lipinski definition) is 0. The van der Waals surface area contributed by atoms with E-state index in [-0.39, 0.29) is 11.3 Å². The summed E-state index contributed by atoms with van der Waals surface area (Å²) in [6.45, 7) is 10.8. The third-order valence-corrected chi connectivity index (χ3v) is 4.04. The average Bonchev–Trinajstić information content (AvgIpc) is 2.37. The number of ketones is 1. The summed E-state index contributed by atoms with van der Waals surface area (Å²) in [6.07, 6.45) is 5.93. The molecule has 0 saturated carbocycles. The fourth-order valence-corrected chi connectivity index (χ4v) is 2.65. The zero-order valence-corrected chi connectivity index (χ0v) is 13.8. The second kappa shape index (κ2) is 7.61. The van der Waals surface area contributed by atoms with E-state index in [1.54, 1.807) is 0 Å². The lowest BCUT2D eigenvalue weighted by molar-refractivity contribution is 0.0799. The van der Waals surface area contributed by atoms with Crippen LogP contribution in [0.15, 0.2) is 24.3 Å². The fourth-order valence-electron chi connectivity index (χ4n) is 2.65. The summed E-state index contributed by atoms with van der Waals surface area (Å²) in [6, 6.07) is 8.01. The molecule has 0 bridgehead atoms. The van der Waals surface area contributed by atoms with Crippen LogP contribution in [0.2, 0.25) is 0 Å². The number of carbonyl (C=O) groups is 1. The van der Waals surface area contributed by atoms with Crippen LogP contribution in [-0.2, 0) is 0 Å². The zero-order valence-electron chi connectivity index (χ0n) is 13.8. The molecule has 1 aromatic rings. The van der Waals surface area contributed by atoms with Crippen molar-refractivity contribution < 1.29 is 4.79 Å². The van der Waals surface area contributed by atoms with Gasteiger partial charge in [0, 0.05) is 11.5 Å². The highest BCUT2D eigenvalue weighted by Gasteiger charge is 2.31. The van der Waals surface area contributed by atoms with Crippen molar-refractivity contribution in [2.45, 2.75) is 66.7 Å². The summed E-state index contributed by atoms with van der Waals surface area (Å²) >= 11 is 0. The van der Waals surface area contributed by atoms with Crippen molar-refractivity contribution in [3.05, 3.63) is 35.4 Å². The SMILES string of the molecule is CCCCCCC(C(=O)c1ccc(C)cc1)C(C)(C)C. The lowest BCUT2D eigenvalue weighted by Gasteiger charge is -2.29. The monoisotopic (exact) mass is 274 g/mol. The Labute approximate surface area is 124 Å². The van der Waals surface area contributed by atoms with E-state index >= 15 is 0 Å². The number of benzene rings is 1. The summed E-state index contributed by atoms with van der Waals surface area (Å²) in [4.78, 5) is 12.8. The predicted molar refractivity (Wildman–Crippen MR) is 87.2 cm³/mol. The van der Waals surface area contributed by atoms with E-state index in [0.29, 0.717) is 5.78 Å². The minimum absolute atomic E-state index is 0.0359. The topological polar surface area (TPSA) is 17.1 Å². The molecule has 0 aromatic heterocycles. The Morgan fingerprint density at radius 3 is 2.15 bits per heavy atom. The summed E-state index contributed by atoms with van der Waals surface area (Å²) in [7, 11) is 0. The molecule has 0 N–H and O–H groups in total. The van der Waals surface area contributed by atoms with Crippen molar-refractivity contribution in [2.75, 3.05) is 0 Å². The van der Waals surface area contributed by atoms with Crippen LogP contribution in [0.1, 0.15) is 75.7 Å². The van der Waals surface area contributed by atoms with Crippen LogP contribution in [0.25, 0.3) is 0 Å². The van der Waals surface area contributed by atoms with Crippen LogP contribution in [0, 0.1) is 18.3 Å². The summed E-state index contributed by atoms with van der Waals surface area (Å²) < 4.78 is 0. The van der Waals surface area contributed by atoms with Gasteiger partial charge >= 0.3 is 0 Å². The van der Waals surface area contributed by atoms with Crippen molar-refractivity contribution in [3.63, 3.8) is 0 Å². The normalized spacial score (nSPS) is 13.2. The lowest BCUT2D eigenvalue weighted by atomic mass is 9.73. The van der Waals surface area contributed by atoms with Gasteiger partial charge in [-0.15, -0.1) is 0 Å². The minimum atomic E-state index is 0.0359. The largest absolute Gasteiger partial charge is 0.294 e. The van der Waals surface area contributed by atoms with Crippen molar-refractivity contribution in [1.82, 2.24) is 0 Å². The third-order valence-electron chi connectivity index (χ3n) is 4.04. The van der Waals surface area contributed by atoms with E-state index in [9.17, 15) is 4.79 Å². The molecule has 0 spiro atoms. The van der Waals surface area contributed by atoms with E-state index < -0.39 is 0 Å². The summed E-state index contributed by atoms with van der Waals surface area (Å²) in [5, 5.41) is 0. The number of unbranched alkanes of at least 4 members (excludes halogenated alkanes) is 3. The van der Waals surface area contributed by atoms with Crippen molar-refractivity contribution in [2.24, 2.45) is 11.3 Å². The molecule has 0 aliphatic rings. The fraction of sp³-hybridized carbons (Fsp3) is 0.632. The molecule has 0 fully saturated rings. The Morgan fingerprint density at radius 1 is 1.05 bits per heavy atom. The molecular formula is C19H30O. The summed E-state index contributed by atoms with van der Waals surface area (Å²) in [5.41, 5.74) is 2.11. The molecule has 0 heterocycles. The zero-order chi connectivity index (χ0) is 15.2. The molecule has 1 atom stereocenters. The average molecular weight is 274 g/mol. The van der Waals surface area contributed by atoms with Gasteiger partial charge in [-0.05, 0) is 18.8 Å². The second-order valence-corrected chi connectivity index (χ2v) is 7.00. The predicted octanol–water partition coefficient (Wildman–Crippen LogP) is 5.81. The van der Waals surface area contributed by atoms with E-state index in [2.05, 4.69) is 34.6 Å². The van der Waals surface area contributed by atoms with Gasteiger partial charge in [0.2, 0.25) is 0 Å².